The number of amides is 1. The van der Waals surface area contributed by atoms with E-state index in [0.29, 0.717) is 55.5 Å². The van der Waals surface area contributed by atoms with Crippen molar-refractivity contribution < 1.29 is 28.9 Å². The summed E-state index contributed by atoms with van der Waals surface area (Å²) in [5.41, 5.74) is 2.21. The van der Waals surface area contributed by atoms with Crippen LogP contribution in [0, 0.1) is 0 Å². The first kappa shape index (κ1) is 26.5. The molecule has 0 saturated carbocycles. The van der Waals surface area contributed by atoms with Crippen LogP contribution in [0.25, 0.3) is 5.76 Å². The van der Waals surface area contributed by atoms with Crippen LogP contribution in [0.15, 0.2) is 84.4 Å². The lowest BCUT2D eigenvalue weighted by Gasteiger charge is -2.31. The molecule has 3 aromatic rings. The van der Waals surface area contributed by atoms with Crippen LogP contribution in [0.3, 0.4) is 0 Å². The van der Waals surface area contributed by atoms with Gasteiger partial charge in [0.2, 0.25) is 0 Å². The zero-order valence-corrected chi connectivity index (χ0v) is 21.9. The van der Waals surface area contributed by atoms with Crippen molar-refractivity contribution in [1.82, 2.24) is 9.80 Å². The molecular formula is C31H32N2O6. The number of ether oxygens (including phenoxy) is 3. The van der Waals surface area contributed by atoms with Gasteiger partial charge >= 0.3 is 0 Å². The Morgan fingerprint density at radius 3 is 2.38 bits per heavy atom. The Bertz CT molecular complexity index is 1330. The monoisotopic (exact) mass is 528 g/mol. The van der Waals surface area contributed by atoms with Crippen LogP contribution in [0.5, 0.6) is 11.5 Å². The van der Waals surface area contributed by atoms with Gasteiger partial charge in [0.25, 0.3) is 11.7 Å². The first-order chi connectivity index (χ1) is 19.0. The van der Waals surface area contributed by atoms with E-state index >= 15 is 0 Å². The van der Waals surface area contributed by atoms with Gasteiger partial charge in [0.15, 0.2) is 0 Å². The Labute approximate surface area is 228 Å². The fourth-order valence-electron chi connectivity index (χ4n) is 4.95. The molecule has 0 radical (unpaired) electrons. The minimum atomic E-state index is -0.756. The topological polar surface area (TPSA) is 88.5 Å². The summed E-state index contributed by atoms with van der Waals surface area (Å²) in [6.45, 7) is 4.13. The van der Waals surface area contributed by atoms with Crippen LogP contribution in [-0.4, -0.2) is 73.1 Å². The lowest BCUT2D eigenvalue weighted by molar-refractivity contribution is -0.140. The van der Waals surface area contributed by atoms with E-state index in [4.69, 9.17) is 14.2 Å². The van der Waals surface area contributed by atoms with E-state index in [-0.39, 0.29) is 11.3 Å². The quantitative estimate of drug-likeness (QED) is 0.255. The zero-order chi connectivity index (χ0) is 27.2. The van der Waals surface area contributed by atoms with Crippen molar-refractivity contribution in [1.29, 1.82) is 0 Å². The molecule has 0 aliphatic carbocycles. The lowest BCUT2D eigenvalue weighted by atomic mass is 9.95. The van der Waals surface area contributed by atoms with Crippen molar-refractivity contribution in [3.8, 4) is 11.5 Å². The number of aliphatic hydroxyl groups excluding tert-OH is 1. The molecular weight excluding hydrogens is 496 g/mol. The highest BCUT2D eigenvalue weighted by molar-refractivity contribution is 6.46. The molecule has 2 aliphatic rings. The number of carbonyl (C=O) groups is 2. The SMILES string of the molecule is COc1ccc(C(O)=C2C(=O)C(=O)N(CCN3CCOCC3)C2c2cccc(OCc3ccccc3)c2)cc1. The number of hydrogen-bond donors (Lipinski definition) is 1. The van der Waals surface area contributed by atoms with Gasteiger partial charge in [-0.2, -0.15) is 0 Å². The van der Waals surface area contributed by atoms with Gasteiger partial charge in [0.05, 0.1) is 31.9 Å². The molecule has 0 bridgehead atoms. The van der Waals surface area contributed by atoms with E-state index in [1.54, 1.807) is 36.3 Å². The summed E-state index contributed by atoms with van der Waals surface area (Å²) in [6.07, 6.45) is 0. The molecule has 5 rings (SSSR count). The summed E-state index contributed by atoms with van der Waals surface area (Å²) in [6, 6.07) is 23.2. The first-order valence-corrected chi connectivity index (χ1v) is 13.0. The minimum absolute atomic E-state index is 0.0624. The van der Waals surface area contributed by atoms with Crippen molar-refractivity contribution in [3.05, 3.63) is 101 Å². The van der Waals surface area contributed by atoms with Crippen molar-refractivity contribution in [2.75, 3.05) is 46.5 Å². The number of morpholine rings is 1. The average molecular weight is 529 g/mol. The number of rotatable bonds is 9. The second kappa shape index (κ2) is 12.1. The second-order valence-corrected chi connectivity index (χ2v) is 9.52. The highest BCUT2D eigenvalue weighted by atomic mass is 16.5. The van der Waals surface area contributed by atoms with Crippen LogP contribution in [0.4, 0.5) is 0 Å². The molecule has 202 valence electrons. The molecule has 8 nitrogen and oxygen atoms in total. The number of aliphatic hydroxyl groups is 1. The molecule has 39 heavy (non-hydrogen) atoms. The third-order valence-electron chi connectivity index (χ3n) is 7.09. The number of Topliss-reactive ketones (excluding diaryl/α,β-unsaturated/α-hetero) is 1. The van der Waals surface area contributed by atoms with Crippen molar-refractivity contribution in [2.45, 2.75) is 12.6 Å². The molecule has 0 spiro atoms. The molecule has 8 heteroatoms. The first-order valence-electron chi connectivity index (χ1n) is 13.0. The Morgan fingerprint density at radius 2 is 1.67 bits per heavy atom. The standard InChI is InChI=1S/C31H32N2O6/c1-37-25-12-10-23(11-13-25)29(34)27-28(33(31(36)30(27)35)15-14-32-16-18-38-19-17-32)24-8-5-9-26(20-24)39-21-22-6-3-2-4-7-22/h2-13,20,28,34H,14-19,21H2,1H3. The summed E-state index contributed by atoms with van der Waals surface area (Å²) in [5.74, 6) is -0.313. The molecule has 2 aliphatic heterocycles. The fraction of sp³-hybridized carbons (Fsp3) is 0.290. The smallest absolute Gasteiger partial charge is 0.295 e. The van der Waals surface area contributed by atoms with E-state index in [1.807, 2.05) is 54.6 Å². The van der Waals surface area contributed by atoms with Crippen LogP contribution in [0.1, 0.15) is 22.7 Å². The Kier molecular flexibility index (Phi) is 8.24. The number of carbonyl (C=O) groups excluding carboxylic acids is 2. The predicted octanol–water partition coefficient (Wildman–Crippen LogP) is 4.03. The van der Waals surface area contributed by atoms with Gasteiger partial charge in [0.1, 0.15) is 23.9 Å². The number of benzene rings is 3. The van der Waals surface area contributed by atoms with Crippen LogP contribution >= 0.6 is 0 Å². The van der Waals surface area contributed by atoms with Gasteiger partial charge < -0.3 is 24.2 Å². The number of nitrogens with zero attached hydrogens (tertiary/aromatic N) is 2. The number of hydrogen-bond acceptors (Lipinski definition) is 7. The highest BCUT2D eigenvalue weighted by Gasteiger charge is 2.46. The van der Waals surface area contributed by atoms with Crippen molar-refractivity contribution in [2.24, 2.45) is 0 Å². The summed E-state index contributed by atoms with van der Waals surface area (Å²) in [4.78, 5) is 30.5. The van der Waals surface area contributed by atoms with Gasteiger partial charge in [-0.3, -0.25) is 14.5 Å². The average Bonchev–Trinajstić information content (AvgIpc) is 3.25. The molecule has 0 aromatic heterocycles. The molecule has 1 amide bonds. The van der Waals surface area contributed by atoms with E-state index in [9.17, 15) is 14.7 Å². The highest BCUT2D eigenvalue weighted by Crippen LogP contribution is 2.40. The van der Waals surface area contributed by atoms with Crippen molar-refractivity contribution in [3.63, 3.8) is 0 Å². The molecule has 3 aromatic carbocycles. The van der Waals surface area contributed by atoms with E-state index in [0.717, 1.165) is 18.7 Å². The molecule has 2 fully saturated rings. The molecule has 2 heterocycles. The van der Waals surface area contributed by atoms with E-state index in [2.05, 4.69) is 4.90 Å². The van der Waals surface area contributed by atoms with Crippen LogP contribution in [-0.2, 0) is 20.9 Å². The van der Waals surface area contributed by atoms with E-state index in [1.165, 1.54) is 0 Å². The van der Waals surface area contributed by atoms with Gasteiger partial charge in [-0.15, -0.1) is 0 Å². The van der Waals surface area contributed by atoms with Gasteiger partial charge in [-0.25, -0.2) is 0 Å². The molecule has 1 unspecified atom stereocenters. The van der Waals surface area contributed by atoms with Gasteiger partial charge in [-0.1, -0.05) is 42.5 Å². The fourth-order valence-corrected chi connectivity index (χ4v) is 4.95. The number of methoxy groups -OCH3 is 1. The summed E-state index contributed by atoms with van der Waals surface area (Å²) >= 11 is 0. The summed E-state index contributed by atoms with van der Waals surface area (Å²) in [5, 5.41) is 11.3. The zero-order valence-electron chi connectivity index (χ0n) is 21.9. The van der Waals surface area contributed by atoms with Gasteiger partial charge in [0, 0.05) is 31.7 Å². The lowest BCUT2D eigenvalue weighted by Crippen LogP contribution is -2.42. The Morgan fingerprint density at radius 1 is 0.923 bits per heavy atom. The maximum absolute atomic E-state index is 13.4. The van der Waals surface area contributed by atoms with Gasteiger partial charge in [-0.05, 0) is 47.5 Å². The predicted molar refractivity (Wildman–Crippen MR) is 146 cm³/mol. The maximum atomic E-state index is 13.4. The third-order valence-corrected chi connectivity index (χ3v) is 7.09. The normalized spacial score (nSPS) is 19.3. The number of ketones is 1. The van der Waals surface area contributed by atoms with Crippen LogP contribution < -0.4 is 9.47 Å². The van der Waals surface area contributed by atoms with Crippen LogP contribution in [0.2, 0.25) is 0 Å². The van der Waals surface area contributed by atoms with Crippen molar-refractivity contribution >= 4 is 17.4 Å². The third kappa shape index (κ3) is 5.97. The Hall–Kier alpha value is -4.14. The minimum Gasteiger partial charge on any atom is -0.507 e. The Balaban J connectivity index is 1.49. The molecule has 2 saturated heterocycles. The molecule has 1 atom stereocenters. The van der Waals surface area contributed by atoms with E-state index < -0.39 is 17.7 Å². The number of likely N-dealkylation sites (tertiary alicyclic amines) is 1. The largest absolute Gasteiger partial charge is 0.507 e. The maximum Gasteiger partial charge on any atom is 0.295 e. The second-order valence-electron chi connectivity index (χ2n) is 9.52. The summed E-state index contributed by atoms with van der Waals surface area (Å²) in [7, 11) is 1.56. The molecule has 1 N–H and O–H groups in total. The summed E-state index contributed by atoms with van der Waals surface area (Å²) < 4.78 is 16.7.